The van der Waals surface area contributed by atoms with Crippen molar-refractivity contribution < 1.29 is 32.3 Å². The van der Waals surface area contributed by atoms with E-state index in [1.807, 2.05) is 18.7 Å². The molecular formula is C24H26F3N5O4. The van der Waals surface area contributed by atoms with Gasteiger partial charge < -0.3 is 19.9 Å². The molecule has 1 aromatic heterocycles. The van der Waals surface area contributed by atoms with Gasteiger partial charge in [-0.05, 0) is 38.1 Å². The Labute approximate surface area is 205 Å². The van der Waals surface area contributed by atoms with Gasteiger partial charge in [-0.1, -0.05) is 12.1 Å². The summed E-state index contributed by atoms with van der Waals surface area (Å²) in [7, 11) is 0. The van der Waals surface area contributed by atoms with Crippen LogP contribution in [0.4, 0.5) is 29.5 Å². The number of ether oxygens (including phenoxy) is 1. The van der Waals surface area contributed by atoms with Crippen LogP contribution in [0.5, 0.6) is 0 Å². The number of amides is 3. The molecule has 36 heavy (non-hydrogen) atoms. The highest BCUT2D eigenvalue weighted by atomic mass is 19.4. The number of hydrogen-bond acceptors (Lipinski definition) is 6. The van der Waals surface area contributed by atoms with Crippen LogP contribution in [-0.4, -0.2) is 72.7 Å². The molecule has 0 aliphatic carbocycles. The number of alkyl halides is 3. The number of carbonyl (C=O) groups is 3. The quantitative estimate of drug-likeness (QED) is 0.672. The summed E-state index contributed by atoms with van der Waals surface area (Å²) >= 11 is 0. The van der Waals surface area contributed by atoms with Gasteiger partial charge in [0.25, 0.3) is 11.8 Å². The monoisotopic (exact) mass is 505 g/mol. The number of aromatic nitrogens is 1. The molecular weight excluding hydrogens is 479 g/mol. The minimum Gasteiger partial charge on any atom is -0.434 e. The second-order valence-electron chi connectivity index (χ2n) is 8.84. The van der Waals surface area contributed by atoms with Gasteiger partial charge in [-0.15, -0.1) is 0 Å². The van der Waals surface area contributed by atoms with Gasteiger partial charge in [0.2, 0.25) is 0 Å². The number of benzene rings is 1. The molecule has 0 spiro atoms. The van der Waals surface area contributed by atoms with E-state index in [1.54, 1.807) is 12.1 Å². The van der Waals surface area contributed by atoms with Crippen LogP contribution in [0.25, 0.3) is 0 Å². The number of hydrogen-bond donors (Lipinski definition) is 1. The lowest BCUT2D eigenvalue weighted by molar-refractivity contribution is -0.138. The van der Waals surface area contributed by atoms with Crippen molar-refractivity contribution in [2.75, 3.05) is 42.5 Å². The third-order valence-corrected chi connectivity index (χ3v) is 5.93. The molecule has 9 nitrogen and oxygen atoms in total. The van der Waals surface area contributed by atoms with Crippen molar-refractivity contribution in [1.29, 1.82) is 0 Å². The van der Waals surface area contributed by atoms with E-state index in [1.165, 1.54) is 34.2 Å². The highest BCUT2D eigenvalue weighted by Gasteiger charge is 2.38. The molecule has 3 heterocycles. The maximum Gasteiger partial charge on any atom is 0.417 e. The van der Waals surface area contributed by atoms with E-state index in [-0.39, 0.29) is 37.1 Å². The van der Waals surface area contributed by atoms with Crippen LogP contribution in [0, 0.1) is 0 Å². The lowest BCUT2D eigenvalue weighted by Crippen LogP contribution is -2.49. The van der Waals surface area contributed by atoms with Gasteiger partial charge in [0.1, 0.15) is 5.82 Å². The first-order valence-corrected chi connectivity index (χ1v) is 11.5. The first-order valence-electron chi connectivity index (χ1n) is 11.5. The molecule has 1 atom stereocenters. The van der Waals surface area contributed by atoms with E-state index in [4.69, 9.17) is 4.74 Å². The number of pyridine rings is 1. The highest BCUT2D eigenvalue weighted by Crippen LogP contribution is 2.32. The predicted octanol–water partition coefficient (Wildman–Crippen LogP) is 2.91. The third-order valence-electron chi connectivity index (χ3n) is 5.93. The summed E-state index contributed by atoms with van der Waals surface area (Å²) in [4.78, 5) is 46.2. The van der Waals surface area contributed by atoms with Gasteiger partial charge in [0.15, 0.2) is 6.10 Å². The maximum atomic E-state index is 13.3. The van der Waals surface area contributed by atoms with E-state index in [0.717, 1.165) is 6.07 Å². The topological polar surface area (TPSA) is 95.1 Å². The molecule has 2 aliphatic heterocycles. The van der Waals surface area contributed by atoms with E-state index >= 15 is 0 Å². The standard InChI is InChI=1S/C24H26F3N5O4/c1-15(2)29-21(33)19-14-32(23(35)36-19)16-7-8-20(28-13-16)30-9-11-31(12-10-30)22(34)17-5-3-4-6-18(17)24(25,26)27/h3-8,13,15,19H,9-12,14H2,1-2H3,(H,29,33). The lowest BCUT2D eigenvalue weighted by Gasteiger charge is -2.35. The molecule has 1 N–H and O–H groups in total. The van der Waals surface area contributed by atoms with Crippen LogP contribution >= 0.6 is 0 Å². The third kappa shape index (κ3) is 5.37. The Morgan fingerprint density at radius 1 is 1.08 bits per heavy atom. The summed E-state index contributed by atoms with van der Waals surface area (Å²) in [5.41, 5.74) is -0.834. The zero-order chi connectivity index (χ0) is 26.0. The van der Waals surface area contributed by atoms with E-state index < -0.39 is 29.8 Å². The van der Waals surface area contributed by atoms with E-state index in [9.17, 15) is 27.6 Å². The molecule has 0 bridgehead atoms. The lowest BCUT2D eigenvalue weighted by atomic mass is 10.1. The molecule has 12 heteroatoms. The van der Waals surface area contributed by atoms with Gasteiger partial charge in [0.05, 0.1) is 29.6 Å². The molecule has 0 saturated carbocycles. The van der Waals surface area contributed by atoms with Crippen molar-refractivity contribution >= 4 is 29.4 Å². The Morgan fingerprint density at radius 3 is 2.39 bits per heavy atom. The molecule has 2 aliphatic rings. The maximum absolute atomic E-state index is 13.3. The molecule has 4 rings (SSSR count). The Morgan fingerprint density at radius 2 is 1.78 bits per heavy atom. The summed E-state index contributed by atoms with van der Waals surface area (Å²) in [6.45, 7) is 4.93. The van der Waals surface area contributed by atoms with Gasteiger partial charge >= 0.3 is 12.3 Å². The summed E-state index contributed by atoms with van der Waals surface area (Å²) in [6.07, 6.45) is -4.66. The smallest absolute Gasteiger partial charge is 0.417 e. The number of nitrogens with one attached hydrogen (secondary N) is 1. The average molecular weight is 505 g/mol. The SMILES string of the molecule is CC(C)NC(=O)C1CN(c2ccc(N3CCN(C(=O)c4ccccc4C(F)(F)F)CC3)nc2)C(=O)O1. The number of rotatable bonds is 5. The van der Waals surface area contributed by atoms with Gasteiger partial charge in [-0.25, -0.2) is 9.78 Å². The van der Waals surface area contributed by atoms with Crippen LogP contribution in [0.2, 0.25) is 0 Å². The molecule has 192 valence electrons. The second-order valence-corrected chi connectivity index (χ2v) is 8.84. The molecule has 1 aromatic carbocycles. The number of cyclic esters (lactones) is 1. The molecule has 3 amide bonds. The van der Waals surface area contributed by atoms with Crippen molar-refractivity contribution in [3.63, 3.8) is 0 Å². The first-order chi connectivity index (χ1) is 17.0. The van der Waals surface area contributed by atoms with Crippen LogP contribution in [0.15, 0.2) is 42.6 Å². The number of anilines is 2. The zero-order valence-electron chi connectivity index (χ0n) is 19.8. The van der Waals surface area contributed by atoms with Crippen LogP contribution in [-0.2, 0) is 15.7 Å². The fraction of sp³-hybridized carbons (Fsp3) is 0.417. The Hall–Kier alpha value is -3.83. The molecule has 0 radical (unpaired) electrons. The van der Waals surface area contributed by atoms with Gasteiger partial charge in [-0.3, -0.25) is 14.5 Å². The predicted molar refractivity (Wildman–Crippen MR) is 125 cm³/mol. The number of nitrogens with zero attached hydrogens (tertiary/aromatic N) is 4. The fourth-order valence-electron chi connectivity index (χ4n) is 4.14. The minimum absolute atomic E-state index is 0.0681. The largest absolute Gasteiger partial charge is 0.434 e. The van der Waals surface area contributed by atoms with E-state index in [2.05, 4.69) is 10.3 Å². The van der Waals surface area contributed by atoms with Gasteiger partial charge in [0, 0.05) is 32.2 Å². The Kier molecular flexibility index (Phi) is 7.04. The van der Waals surface area contributed by atoms with Crippen molar-refractivity contribution in [2.24, 2.45) is 0 Å². The molecule has 1 unspecified atom stereocenters. The normalized spacial score (nSPS) is 18.4. The van der Waals surface area contributed by atoms with Crippen LogP contribution in [0.1, 0.15) is 29.8 Å². The molecule has 2 saturated heterocycles. The van der Waals surface area contributed by atoms with Crippen LogP contribution < -0.4 is 15.1 Å². The summed E-state index contributed by atoms with van der Waals surface area (Å²) in [6, 6.07) is 8.09. The summed E-state index contributed by atoms with van der Waals surface area (Å²) in [5, 5.41) is 2.71. The number of piperazine rings is 1. The van der Waals surface area contributed by atoms with Crippen molar-refractivity contribution in [3.05, 3.63) is 53.7 Å². The zero-order valence-corrected chi connectivity index (χ0v) is 19.8. The first kappa shape index (κ1) is 25.3. The summed E-state index contributed by atoms with van der Waals surface area (Å²) in [5.74, 6) is -0.423. The Bertz CT molecular complexity index is 1130. The highest BCUT2D eigenvalue weighted by molar-refractivity contribution is 5.96. The summed E-state index contributed by atoms with van der Waals surface area (Å²) < 4.78 is 45.1. The van der Waals surface area contributed by atoms with E-state index in [0.29, 0.717) is 24.6 Å². The van der Waals surface area contributed by atoms with Gasteiger partial charge in [-0.2, -0.15) is 13.2 Å². The molecule has 2 fully saturated rings. The van der Waals surface area contributed by atoms with Crippen molar-refractivity contribution in [3.8, 4) is 0 Å². The average Bonchev–Trinajstić information content (AvgIpc) is 3.24. The Balaban J connectivity index is 1.37. The number of carbonyl (C=O) groups excluding carboxylic acids is 3. The van der Waals surface area contributed by atoms with Crippen molar-refractivity contribution in [1.82, 2.24) is 15.2 Å². The van der Waals surface area contributed by atoms with Crippen molar-refractivity contribution in [2.45, 2.75) is 32.2 Å². The molecule has 2 aromatic rings. The minimum atomic E-state index is -4.61. The second kappa shape index (κ2) is 10.0. The van der Waals surface area contributed by atoms with Crippen LogP contribution in [0.3, 0.4) is 0 Å². The fourth-order valence-corrected chi connectivity index (χ4v) is 4.14. The number of halogens is 3.